The summed E-state index contributed by atoms with van der Waals surface area (Å²) in [5.74, 6) is 0.551. The van der Waals surface area contributed by atoms with E-state index in [1.165, 1.54) is 0 Å². The van der Waals surface area contributed by atoms with E-state index in [0.717, 1.165) is 6.42 Å². The zero-order chi connectivity index (χ0) is 25.3. The number of benzene rings is 1. The Hall–Kier alpha value is -2.87. The number of para-hydroxylation sites is 1. The molecule has 0 saturated carbocycles. The molecule has 192 valence electrons. The van der Waals surface area contributed by atoms with Crippen LogP contribution in [0, 0.1) is 11.3 Å². The van der Waals surface area contributed by atoms with Gasteiger partial charge in [-0.1, -0.05) is 45.1 Å². The van der Waals surface area contributed by atoms with Crippen molar-refractivity contribution in [3.05, 3.63) is 42.0 Å². The molecule has 1 aromatic carbocycles. The van der Waals surface area contributed by atoms with E-state index in [0.29, 0.717) is 63.3 Å². The van der Waals surface area contributed by atoms with Gasteiger partial charge < -0.3 is 20.7 Å². The van der Waals surface area contributed by atoms with Crippen molar-refractivity contribution in [1.29, 1.82) is 0 Å². The summed E-state index contributed by atoms with van der Waals surface area (Å²) in [6.07, 6.45) is 6.76. The topological polar surface area (TPSA) is 99.8 Å². The fourth-order valence-electron chi connectivity index (χ4n) is 4.51. The van der Waals surface area contributed by atoms with Crippen molar-refractivity contribution in [2.45, 2.75) is 52.5 Å². The predicted molar refractivity (Wildman–Crippen MR) is 136 cm³/mol. The first-order chi connectivity index (χ1) is 16.8. The van der Waals surface area contributed by atoms with Crippen LogP contribution in [0.25, 0.3) is 0 Å². The molecule has 1 atom stereocenters. The van der Waals surface area contributed by atoms with Gasteiger partial charge in [0.25, 0.3) is 5.91 Å². The normalized spacial score (nSPS) is 22.3. The first-order valence-electron chi connectivity index (χ1n) is 12.8. The molecule has 1 aromatic rings. The van der Waals surface area contributed by atoms with E-state index >= 15 is 0 Å². The van der Waals surface area contributed by atoms with Crippen LogP contribution in [-0.2, 0) is 9.59 Å². The molecule has 2 heterocycles. The molecule has 2 aliphatic heterocycles. The van der Waals surface area contributed by atoms with E-state index in [9.17, 15) is 14.4 Å². The van der Waals surface area contributed by atoms with Crippen LogP contribution in [0.1, 0.15) is 56.8 Å². The highest BCUT2D eigenvalue weighted by Gasteiger charge is 2.41. The first-order valence-corrected chi connectivity index (χ1v) is 12.8. The van der Waals surface area contributed by atoms with Crippen LogP contribution in [0.4, 0.5) is 0 Å². The van der Waals surface area contributed by atoms with Crippen molar-refractivity contribution in [2.24, 2.45) is 11.3 Å². The van der Waals surface area contributed by atoms with Gasteiger partial charge in [0.05, 0.1) is 23.6 Å². The van der Waals surface area contributed by atoms with Gasteiger partial charge in [0.1, 0.15) is 12.4 Å². The van der Waals surface area contributed by atoms with Gasteiger partial charge >= 0.3 is 0 Å². The third kappa shape index (κ3) is 7.31. The number of likely N-dealkylation sites (tertiary alicyclic amines) is 1. The van der Waals surface area contributed by atoms with Gasteiger partial charge in [0, 0.05) is 13.1 Å². The third-order valence-electron chi connectivity index (χ3n) is 6.96. The molecule has 1 fully saturated rings. The van der Waals surface area contributed by atoms with Crippen LogP contribution in [0.2, 0.25) is 0 Å². The summed E-state index contributed by atoms with van der Waals surface area (Å²) < 4.78 is 6.05. The summed E-state index contributed by atoms with van der Waals surface area (Å²) in [6.45, 7) is 9.23. The maximum Gasteiger partial charge on any atom is 0.255 e. The van der Waals surface area contributed by atoms with Crippen LogP contribution in [-0.4, -0.2) is 68.0 Å². The second-order valence-corrected chi connectivity index (χ2v) is 9.92. The van der Waals surface area contributed by atoms with E-state index in [4.69, 9.17) is 4.74 Å². The van der Waals surface area contributed by atoms with Gasteiger partial charge in [0.15, 0.2) is 0 Å². The second-order valence-electron chi connectivity index (χ2n) is 9.92. The van der Waals surface area contributed by atoms with Crippen molar-refractivity contribution < 1.29 is 19.1 Å². The van der Waals surface area contributed by atoms with E-state index in [1.807, 2.05) is 31.2 Å². The molecule has 3 N–H and O–H groups in total. The summed E-state index contributed by atoms with van der Waals surface area (Å²) >= 11 is 0. The Morgan fingerprint density at radius 2 is 1.94 bits per heavy atom. The highest BCUT2D eigenvalue weighted by atomic mass is 16.5. The molecule has 0 radical (unpaired) electrons. The van der Waals surface area contributed by atoms with Crippen molar-refractivity contribution >= 4 is 17.7 Å². The number of carbonyl (C=O) groups excluding carboxylic acids is 3. The highest BCUT2D eigenvalue weighted by Crippen LogP contribution is 2.36. The van der Waals surface area contributed by atoms with Gasteiger partial charge in [-0.15, -0.1) is 0 Å². The van der Waals surface area contributed by atoms with Gasteiger partial charge in [-0.05, 0) is 56.8 Å². The molecule has 8 nitrogen and oxygen atoms in total. The van der Waals surface area contributed by atoms with Gasteiger partial charge in [-0.25, -0.2) is 0 Å². The number of hydrogen-bond donors (Lipinski definition) is 3. The lowest BCUT2D eigenvalue weighted by Crippen LogP contribution is -2.54. The number of fused-ring (bicyclic) bond motifs is 1. The molecular formula is C27H40N4O4. The third-order valence-corrected chi connectivity index (χ3v) is 6.96. The molecule has 3 rings (SSSR count). The van der Waals surface area contributed by atoms with Crippen LogP contribution < -0.4 is 20.7 Å². The quantitative estimate of drug-likeness (QED) is 0.558. The van der Waals surface area contributed by atoms with Gasteiger partial charge in [-0.3, -0.25) is 19.3 Å². The molecule has 35 heavy (non-hydrogen) atoms. The lowest BCUT2D eigenvalue weighted by Gasteiger charge is -2.41. The SMILES string of the molecule is CCCNC(=O)CN1CCC2(C/C=C/CNC(=O)c3ccccc3OC[C@@H](C(C)C)NC2=O)CC1. The lowest BCUT2D eigenvalue weighted by atomic mass is 9.74. The number of rotatable bonds is 5. The predicted octanol–water partition coefficient (Wildman–Crippen LogP) is 2.50. The van der Waals surface area contributed by atoms with Gasteiger partial charge in [0.2, 0.25) is 11.8 Å². The van der Waals surface area contributed by atoms with E-state index < -0.39 is 5.41 Å². The fraction of sp³-hybridized carbons (Fsp3) is 0.593. The number of allylic oxidation sites excluding steroid dienone is 1. The summed E-state index contributed by atoms with van der Waals surface area (Å²) in [7, 11) is 0. The molecule has 0 unspecified atom stereocenters. The van der Waals surface area contributed by atoms with Crippen LogP contribution in [0.15, 0.2) is 36.4 Å². The Bertz CT molecular complexity index is 906. The van der Waals surface area contributed by atoms with Crippen molar-refractivity contribution in [2.75, 3.05) is 39.3 Å². The number of carbonyl (C=O) groups is 3. The average Bonchev–Trinajstić information content (AvgIpc) is 2.85. The first kappa shape index (κ1) is 26.7. The molecule has 0 bridgehead atoms. The molecule has 1 saturated heterocycles. The maximum atomic E-state index is 13.7. The monoisotopic (exact) mass is 484 g/mol. The van der Waals surface area contributed by atoms with Crippen LogP contribution in [0.5, 0.6) is 5.75 Å². The zero-order valence-corrected chi connectivity index (χ0v) is 21.3. The van der Waals surface area contributed by atoms with Crippen molar-refractivity contribution in [1.82, 2.24) is 20.9 Å². The molecule has 3 amide bonds. The maximum absolute atomic E-state index is 13.7. The largest absolute Gasteiger partial charge is 0.491 e. The van der Waals surface area contributed by atoms with Crippen LogP contribution >= 0.6 is 0 Å². The standard InChI is InChI=1S/C27H40N4O4/c1-4-14-28-24(32)18-31-16-12-27(13-17-31)11-7-8-15-29-25(33)21-9-5-6-10-23(21)35-19-22(20(2)3)30-26(27)34/h5-10,20,22H,4,11-19H2,1-3H3,(H,28,32)(H,29,33)(H,30,34)/b8-7+/t22-/m0/s1. The minimum absolute atomic E-state index is 0.0335. The van der Waals surface area contributed by atoms with E-state index in [-0.39, 0.29) is 36.3 Å². The molecule has 0 aliphatic carbocycles. The number of nitrogens with one attached hydrogen (secondary N) is 3. The molecule has 2 aliphatic rings. The Morgan fingerprint density at radius 1 is 1.20 bits per heavy atom. The van der Waals surface area contributed by atoms with Crippen molar-refractivity contribution in [3.63, 3.8) is 0 Å². The van der Waals surface area contributed by atoms with Crippen molar-refractivity contribution in [3.8, 4) is 5.75 Å². The fourth-order valence-corrected chi connectivity index (χ4v) is 4.51. The Labute approximate surface area is 208 Å². The number of hydrogen-bond acceptors (Lipinski definition) is 5. The average molecular weight is 485 g/mol. The van der Waals surface area contributed by atoms with Gasteiger partial charge in [-0.2, -0.15) is 0 Å². The number of amides is 3. The lowest BCUT2D eigenvalue weighted by molar-refractivity contribution is -0.135. The molecule has 0 aromatic heterocycles. The summed E-state index contributed by atoms with van der Waals surface area (Å²) in [6, 6.07) is 6.98. The summed E-state index contributed by atoms with van der Waals surface area (Å²) in [5, 5.41) is 9.10. The molecule has 1 spiro atoms. The van der Waals surface area contributed by atoms with Crippen LogP contribution in [0.3, 0.4) is 0 Å². The Kier molecular flexibility index (Phi) is 9.72. The number of piperidine rings is 1. The minimum atomic E-state index is -0.550. The number of nitrogens with zero attached hydrogens (tertiary/aromatic N) is 1. The highest BCUT2D eigenvalue weighted by molar-refractivity contribution is 5.97. The Morgan fingerprint density at radius 3 is 2.66 bits per heavy atom. The smallest absolute Gasteiger partial charge is 0.255 e. The molecule has 8 heteroatoms. The summed E-state index contributed by atoms with van der Waals surface area (Å²) in [4.78, 5) is 40.7. The number of ether oxygens (including phenoxy) is 1. The molecular weight excluding hydrogens is 444 g/mol. The van der Waals surface area contributed by atoms with E-state index in [2.05, 4.69) is 34.7 Å². The summed E-state index contributed by atoms with van der Waals surface area (Å²) in [5.41, 5.74) is -0.0647. The Balaban J connectivity index is 1.75. The second kappa shape index (κ2) is 12.7. The van der Waals surface area contributed by atoms with E-state index in [1.54, 1.807) is 12.1 Å². The zero-order valence-electron chi connectivity index (χ0n) is 21.3. The minimum Gasteiger partial charge on any atom is -0.491 e.